The van der Waals surface area contributed by atoms with Crippen molar-refractivity contribution in [3.63, 3.8) is 0 Å². The van der Waals surface area contributed by atoms with Gasteiger partial charge in [-0.15, -0.1) is 0 Å². The molecule has 124 valence electrons. The van der Waals surface area contributed by atoms with Crippen molar-refractivity contribution < 1.29 is 14.6 Å². The van der Waals surface area contributed by atoms with Gasteiger partial charge in [-0.1, -0.05) is 51.7 Å². The van der Waals surface area contributed by atoms with E-state index in [1.165, 1.54) is 37.7 Å². The van der Waals surface area contributed by atoms with Gasteiger partial charge in [0, 0.05) is 6.42 Å². The molecule has 1 N–H and O–H groups in total. The third-order valence-electron chi connectivity index (χ3n) is 3.81. The molecule has 0 heterocycles. The van der Waals surface area contributed by atoms with E-state index in [2.05, 4.69) is 26.0 Å². The van der Waals surface area contributed by atoms with Crippen LogP contribution in [-0.2, 0) is 17.6 Å². The van der Waals surface area contributed by atoms with Crippen molar-refractivity contribution in [3.8, 4) is 5.75 Å². The highest BCUT2D eigenvalue weighted by Gasteiger charge is 2.08. The van der Waals surface area contributed by atoms with Gasteiger partial charge < -0.3 is 9.84 Å². The van der Waals surface area contributed by atoms with Gasteiger partial charge in [0.15, 0.2) is 0 Å². The van der Waals surface area contributed by atoms with Gasteiger partial charge in [0.2, 0.25) is 0 Å². The average molecular weight is 306 g/mol. The maximum absolute atomic E-state index is 10.8. The third-order valence-corrected chi connectivity index (χ3v) is 3.81. The first-order valence-electron chi connectivity index (χ1n) is 8.63. The van der Waals surface area contributed by atoms with E-state index in [1.807, 2.05) is 6.07 Å². The van der Waals surface area contributed by atoms with E-state index < -0.39 is 5.97 Å². The molecule has 22 heavy (non-hydrogen) atoms. The molecule has 0 aliphatic rings. The Morgan fingerprint density at radius 1 is 1.05 bits per heavy atom. The van der Waals surface area contributed by atoms with E-state index in [-0.39, 0.29) is 6.42 Å². The van der Waals surface area contributed by atoms with Gasteiger partial charge in [-0.3, -0.25) is 4.79 Å². The number of hydrogen-bond acceptors (Lipinski definition) is 2. The monoisotopic (exact) mass is 306 g/mol. The molecule has 3 nitrogen and oxygen atoms in total. The molecule has 0 unspecified atom stereocenters. The highest BCUT2D eigenvalue weighted by Crippen LogP contribution is 2.23. The van der Waals surface area contributed by atoms with Gasteiger partial charge in [-0.05, 0) is 42.9 Å². The zero-order valence-corrected chi connectivity index (χ0v) is 14.1. The van der Waals surface area contributed by atoms with Crippen molar-refractivity contribution in [2.24, 2.45) is 0 Å². The molecule has 0 radical (unpaired) electrons. The summed E-state index contributed by atoms with van der Waals surface area (Å²) in [6.45, 7) is 5.08. The lowest BCUT2D eigenvalue weighted by Crippen LogP contribution is -2.04. The molecule has 0 saturated carbocycles. The SMILES string of the molecule is CCCCCOc1ccc(CCCCC)cc1CCC(=O)O. The molecular formula is C19H30O3. The van der Waals surface area contributed by atoms with Crippen LogP contribution in [0, 0.1) is 0 Å². The molecule has 0 saturated heterocycles. The molecule has 1 rings (SSSR count). The first-order valence-corrected chi connectivity index (χ1v) is 8.63. The Labute approximate surface area is 134 Å². The van der Waals surface area contributed by atoms with Crippen molar-refractivity contribution in [2.75, 3.05) is 6.61 Å². The quantitative estimate of drug-likeness (QED) is 0.552. The Morgan fingerprint density at radius 2 is 1.77 bits per heavy atom. The van der Waals surface area contributed by atoms with E-state index in [1.54, 1.807) is 0 Å². The van der Waals surface area contributed by atoms with Crippen molar-refractivity contribution in [3.05, 3.63) is 29.3 Å². The summed E-state index contributed by atoms with van der Waals surface area (Å²) in [5.74, 6) is 0.102. The second-order valence-electron chi connectivity index (χ2n) is 5.85. The van der Waals surface area contributed by atoms with Gasteiger partial charge in [0.05, 0.1) is 6.61 Å². The number of carboxylic acid groups (broad SMARTS) is 1. The van der Waals surface area contributed by atoms with Crippen molar-refractivity contribution in [2.45, 2.75) is 71.6 Å². The lowest BCUT2D eigenvalue weighted by atomic mass is 10.0. The molecule has 0 spiro atoms. The van der Waals surface area contributed by atoms with E-state index in [9.17, 15) is 4.79 Å². The minimum absolute atomic E-state index is 0.156. The molecule has 3 heteroatoms. The number of benzene rings is 1. The van der Waals surface area contributed by atoms with Gasteiger partial charge in [0.1, 0.15) is 5.75 Å². The number of rotatable bonds is 12. The van der Waals surface area contributed by atoms with Crippen LogP contribution in [0.15, 0.2) is 18.2 Å². The summed E-state index contributed by atoms with van der Waals surface area (Å²) in [4.78, 5) is 10.8. The number of aliphatic carboxylic acids is 1. The Hall–Kier alpha value is -1.51. The standard InChI is InChI=1S/C19H30O3/c1-3-5-7-9-16-10-12-18(22-14-8-6-4-2)17(15-16)11-13-19(20)21/h10,12,15H,3-9,11,13-14H2,1-2H3,(H,20,21). The number of unbranched alkanes of at least 4 members (excludes halogenated alkanes) is 4. The van der Waals surface area contributed by atoms with Gasteiger partial charge in [-0.25, -0.2) is 0 Å². The predicted octanol–water partition coefficient (Wildman–Crippen LogP) is 5.01. The Balaban J connectivity index is 2.68. The number of hydrogen-bond donors (Lipinski definition) is 1. The lowest BCUT2D eigenvalue weighted by Gasteiger charge is -2.13. The van der Waals surface area contributed by atoms with E-state index in [4.69, 9.17) is 9.84 Å². The van der Waals surface area contributed by atoms with Gasteiger partial charge in [0.25, 0.3) is 0 Å². The number of carboxylic acids is 1. The zero-order chi connectivity index (χ0) is 16.2. The molecule has 0 aromatic heterocycles. The van der Waals surface area contributed by atoms with Crippen LogP contribution in [0.1, 0.15) is 69.9 Å². The molecular weight excluding hydrogens is 276 g/mol. The predicted molar refractivity (Wildman–Crippen MR) is 90.6 cm³/mol. The van der Waals surface area contributed by atoms with Crippen LogP contribution >= 0.6 is 0 Å². The molecule has 0 amide bonds. The largest absolute Gasteiger partial charge is 0.493 e. The van der Waals surface area contributed by atoms with Crippen LogP contribution in [0.25, 0.3) is 0 Å². The van der Waals surface area contributed by atoms with E-state index in [0.29, 0.717) is 13.0 Å². The lowest BCUT2D eigenvalue weighted by molar-refractivity contribution is -0.136. The van der Waals surface area contributed by atoms with Gasteiger partial charge in [-0.2, -0.15) is 0 Å². The number of carbonyl (C=O) groups is 1. The van der Waals surface area contributed by atoms with Crippen molar-refractivity contribution >= 4 is 5.97 Å². The Kier molecular flexibility index (Phi) is 9.36. The summed E-state index contributed by atoms with van der Waals surface area (Å²) in [5, 5.41) is 8.91. The topological polar surface area (TPSA) is 46.5 Å². The highest BCUT2D eigenvalue weighted by atomic mass is 16.5. The first kappa shape index (κ1) is 18.5. The van der Waals surface area contributed by atoms with Crippen LogP contribution in [0.3, 0.4) is 0 Å². The molecule has 0 aliphatic carbocycles. The van der Waals surface area contributed by atoms with Crippen LogP contribution in [0.5, 0.6) is 5.75 Å². The second kappa shape index (κ2) is 11.1. The Bertz CT molecular complexity index is 440. The van der Waals surface area contributed by atoms with E-state index >= 15 is 0 Å². The first-order chi connectivity index (χ1) is 10.7. The third kappa shape index (κ3) is 7.48. The maximum Gasteiger partial charge on any atom is 0.303 e. The summed E-state index contributed by atoms with van der Waals surface area (Å²) in [6, 6.07) is 6.27. The maximum atomic E-state index is 10.8. The minimum Gasteiger partial charge on any atom is -0.493 e. The molecule has 1 aromatic carbocycles. The van der Waals surface area contributed by atoms with Crippen molar-refractivity contribution in [1.29, 1.82) is 0 Å². The number of aryl methyl sites for hydroxylation is 2. The van der Waals surface area contributed by atoms with Crippen LogP contribution in [0.4, 0.5) is 0 Å². The van der Waals surface area contributed by atoms with Crippen LogP contribution in [0.2, 0.25) is 0 Å². The van der Waals surface area contributed by atoms with Crippen molar-refractivity contribution in [1.82, 2.24) is 0 Å². The highest BCUT2D eigenvalue weighted by molar-refractivity contribution is 5.67. The second-order valence-corrected chi connectivity index (χ2v) is 5.85. The fourth-order valence-corrected chi connectivity index (χ4v) is 2.48. The summed E-state index contributed by atoms with van der Waals surface area (Å²) in [5.41, 5.74) is 2.32. The summed E-state index contributed by atoms with van der Waals surface area (Å²) >= 11 is 0. The summed E-state index contributed by atoms with van der Waals surface area (Å²) < 4.78 is 5.86. The summed E-state index contributed by atoms with van der Waals surface area (Å²) in [7, 11) is 0. The molecule has 0 aliphatic heterocycles. The Morgan fingerprint density at radius 3 is 2.45 bits per heavy atom. The number of ether oxygens (including phenoxy) is 1. The van der Waals surface area contributed by atoms with Gasteiger partial charge >= 0.3 is 5.97 Å². The molecule has 0 bridgehead atoms. The minimum atomic E-state index is -0.756. The summed E-state index contributed by atoms with van der Waals surface area (Å²) in [6.07, 6.45) is 8.78. The van der Waals surface area contributed by atoms with Crippen LogP contribution in [-0.4, -0.2) is 17.7 Å². The van der Waals surface area contributed by atoms with Crippen LogP contribution < -0.4 is 4.74 Å². The fraction of sp³-hybridized carbons (Fsp3) is 0.632. The zero-order valence-electron chi connectivity index (χ0n) is 14.1. The average Bonchev–Trinajstić information content (AvgIpc) is 2.51. The molecule has 0 fully saturated rings. The molecule has 0 atom stereocenters. The smallest absolute Gasteiger partial charge is 0.303 e. The van der Waals surface area contributed by atoms with E-state index in [0.717, 1.165) is 24.2 Å². The normalized spacial score (nSPS) is 10.6. The fourth-order valence-electron chi connectivity index (χ4n) is 2.48. The molecule has 1 aromatic rings.